The van der Waals surface area contributed by atoms with E-state index in [2.05, 4.69) is 32.9 Å². The van der Waals surface area contributed by atoms with E-state index in [0.29, 0.717) is 19.3 Å². The molecule has 0 saturated carbocycles. The Balaban J connectivity index is 4.13. The highest BCUT2D eigenvalue weighted by Gasteiger charge is 2.19. The van der Waals surface area contributed by atoms with Gasteiger partial charge in [-0.25, -0.2) is 0 Å². The summed E-state index contributed by atoms with van der Waals surface area (Å²) in [6.45, 7) is 6.52. The number of ether oxygens (including phenoxy) is 3. The van der Waals surface area contributed by atoms with Crippen molar-refractivity contribution in [3.05, 3.63) is 12.2 Å². The SMILES string of the molecule is CCCCCCCCC/C=C\CCCCCCCCCC(=O)OCC(COC(=O)CCCCCCCC)OC(=O)CCCCCCCCC. The summed E-state index contributed by atoms with van der Waals surface area (Å²) in [4.78, 5) is 37.3. The Hall–Kier alpha value is -1.85. The van der Waals surface area contributed by atoms with Gasteiger partial charge in [0.05, 0.1) is 0 Å². The minimum atomic E-state index is -0.760. The zero-order valence-electron chi connectivity index (χ0n) is 32.7. The van der Waals surface area contributed by atoms with Crippen molar-refractivity contribution in [2.75, 3.05) is 13.2 Å². The summed E-state index contributed by atoms with van der Waals surface area (Å²) in [6.07, 6.45) is 39.4. The van der Waals surface area contributed by atoms with Crippen molar-refractivity contribution in [2.45, 2.75) is 232 Å². The second kappa shape index (κ2) is 38.9. The lowest BCUT2D eigenvalue weighted by atomic mass is 10.1. The van der Waals surface area contributed by atoms with E-state index in [-0.39, 0.29) is 31.1 Å². The third-order valence-electron chi connectivity index (χ3n) is 9.27. The van der Waals surface area contributed by atoms with Crippen LogP contribution in [0.2, 0.25) is 0 Å². The summed E-state index contributed by atoms with van der Waals surface area (Å²) in [5.74, 6) is -0.888. The molecule has 0 aromatic heterocycles. The Morgan fingerprint density at radius 3 is 1.02 bits per heavy atom. The van der Waals surface area contributed by atoms with Crippen LogP contribution in [0.25, 0.3) is 0 Å². The van der Waals surface area contributed by atoms with Gasteiger partial charge in [-0.1, -0.05) is 174 Å². The van der Waals surface area contributed by atoms with Gasteiger partial charge in [0.25, 0.3) is 0 Å². The molecule has 288 valence electrons. The van der Waals surface area contributed by atoms with E-state index >= 15 is 0 Å². The number of rotatable bonds is 38. The van der Waals surface area contributed by atoms with Crippen LogP contribution >= 0.6 is 0 Å². The average molecular weight is 693 g/mol. The largest absolute Gasteiger partial charge is 0.462 e. The number of unbranched alkanes of at least 4 members (excludes halogenated alkanes) is 25. The maximum absolute atomic E-state index is 12.5. The molecule has 6 heteroatoms. The predicted molar refractivity (Wildman–Crippen MR) is 206 cm³/mol. The van der Waals surface area contributed by atoms with Crippen LogP contribution in [0.5, 0.6) is 0 Å². The maximum Gasteiger partial charge on any atom is 0.306 e. The van der Waals surface area contributed by atoms with E-state index in [1.807, 2.05) is 0 Å². The van der Waals surface area contributed by atoms with Gasteiger partial charge in [0.15, 0.2) is 6.10 Å². The van der Waals surface area contributed by atoms with Crippen LogP contribution in [-0.2, 0) is 28.6 Å². The number of esters is 3. The van der Waals surface area contributed by atoms with Crippen LogP contribution in [0.15, 0.2) is 12.2 Å². The predicted octanol–water partition coefficient (Wildman–Crippen LogP) is 13.1. The monoisotopic (exact) mass is 693 g/mol. The van der Waals surface area contributed by atoms with Crippen LogP contribution < -0.4 is 0 Å². The average Bonchev–Trinajstić information content (AvgIpc) is 3.10. The molecule has 0 fully saturated rings. The highest BCUT2D eigenvalue weighted by Crippen LogP contribution is 2.14. The minimum Gasteiger partial charge on any atom is -0.462 e. The third kappa shape index (κ3) is 37.2. The Labute approximate surface area is 303 Å². The Morgan fingerprint density at radius 2 is 0.673 bits per heavy atom. The van der Waals surface area contributed by atoms with E-state index in [0.717, 1.165) is 57.8 Å². The molecule has 0 aliphatic heterocycles. The van der Waals surface area contributed by atoms with Gasteiger partial charge < -0.3 is 14.2 Å². The van der Waals surface area contributed by atoms with Crippen LogP contribution in [0, 0.1) is 0 Å². The number of allylic oxidation sites excluding steroid dienone is 2. The first-order valence-electron chi connectivity index (χ1n) is 21.2. The zero-order chi connectivity index (χ0) is 35.9. The molecule has 0 saturated heterocycles. The summed E-state index contributed by atoms with van der Waals surface area (Å²) >= 11 is 0. The molecule has 0 spiro atoms. The molecule has 0 aliphatic carbocycles. The molecule has 1 unspecified atom stereocenters. The third-order valence-corrected chi connectivity index (χ3v) is 9.27. The lowest BCUT2D eigenvalue weighted by molar-refractivity contribution is -0.167. The minimum absolute atomic E-state index is 0.0698. The smallest absolute Gasteiger partial charge is 0.306 e. The van der Waals surface area contributed by atoms with Crippen molar-refractivity contribution in [3.8, 4) is 0 Å². The van der Waals surface area contributed by atoms with Gasteiger partial charge in [0, 0.05) is 19.3 Å². The molecule has 0 aromatic rings. The molecule has 0 N–H and O–H groups in total. The summed E-state index contributed by atoms with van der Waals surface area (Å²) in [7, 11) is 0. The van der Waals surface area contributed by atoms with Gasteiger partial charge in [0.1, 0.15) is 13.2 Å². The van der Waals surface area contributed by atoms with E-state index < -0.39 is 6.10 Å². The first-order chi connectivity index (χ1) is 24.0. The van der Waals surface area contributed by atoms with E-state index in [9.17, 15) is 14.4 Å². The number of hydrogen-bond donors (Lipinski definition) is 0. The maximum atomic E-state index is 12.5. The standard InChI is InChI=1S/C43H80O6/c1-4-7-10-13-16-17-18-19-20-21-22-23-24-25-26-28-30-33-36-42(45)48-39-40(38-47-41(44)35-32-29-15-12-9-6-3)49-43(46)37-34-31-27-14-11-8-5-2/h20-21,40H,4-19,22-39H2,1-3H3/b21-20-. The van der Waals surface area contributed by atoms with Crippen molar-refractivity contribution in [1.82, 2.24) is 0 Å². The molecule has 1 atom stereocenters. The van der Waals surface area contributed by atoms with Gasteiger partial charge in [0.2, 0.25) is 0 Å². The van der Waals surface area contributed by atoms with Crippen LogP contribution in [-0.4, -0.2) is 37.2 Å². The highest BCUT2D eigenvalue weighted by atomic mass is 16.6. The van der Waals surface area contributed by atoms with Crippen molar-refractivity contribution in [2.24, 2.45) is 0 Å². The van der Waals surface area contributed by atoms with Crippen LogP contribution in [0.4, 0.5) is 0 Å². The molecule has 0 amide bonds. The number of hydrogen-bond acceptors (Lipinski definition) is 6. The molecular weight excluding hydrogens is 612 g/mol. The van der Waals surface area contributed by atoms with Gasteiger partial charge in [-0.05, 0) is 44.9 Å². The van der Waals surface area contributed by atoms with Crippen molar-refractivity contribution < 1.29 is 28.6 Å². The van der Waals surface area contributed by atoms with Gasteiger partial charge in [-0.3, -0.25) is 14.4 Å². The molecule has 0 aromatic carbocycles. The van der Waals surface area contributed by atoms with E-state index in [1.54, 1.807) is 0 Å². The second-order valence-corrected chi connectivity index (χ2v) is 14.3. The van der Waals surface area contributed by atoms with E-state index in [1.165, 1.54) is 128 Å². The van der Waals surface area contributed by atoms with E-state index in [4.69, 9.17) is 14.2 Å². The molecule has 49 heavy (non-hydrogen) atoms. The molecular formula is C43H80O6. The fraction of sp³-hybridized carbons (Fsp3) is 0.884. The number of carbonyl (C=O) groups is 3. The van der Waals surface area contributed by atoms with Gasteiger partial charge in [-0.15, -0.1) is 0 Å². The molecule has 6 nitrogen and oxygen atoms in total. The normalized spacial score (nSPS) is 12.0. The Morgan fingerprint density at radius 1 is 0.388 bits per heavy atom. The van der Waals surface area contributed by atoms with Crippen molar-refractivity contribution >= 4 is 17.9 Å². The lowest BCUT2D eigenvalue weighted by Crippen LogP contribution is -2.30. The topological polar surface area (TPSA) is 78.9 Å². The van der Waals surface area contributed by atoms with Crippen molar-refractivity contribution in [3.63, 3.8) is 0 Å². The second-order valence-electron chi connectivity index (χ2n) is 14.3. The molecule has 0 bridgehead atoms. The molecule has 0 radical (unpaired) electrons. The first kappa shape index (κ1) is 47.1. The molecule has 0 aliphatic rings. The van der Waals surface area contributed by atoms with Gasteiger partial charge in [-0.2, -0.15) is 0 Å². The Bertz CT molecular complexity index is 763. The van der Waals surface area contributed by atoms with Crippen molar-refractivity contribution in [1.29, 1.82) is 0 Å². The summed E-state index contributed by atoms with van der Waals surface area (Å²) in [6, 6.07) is 0. The first-order valence-corrected chi connectivity index (χ1v) is 21.2. The molecule has 0 rings (SSSR count). The lowest BCUT2D eigenvalue weighted by Gasteiger charge is -2.18. The summed E-state index contributed by atoms with van der Waals surface area (Å²) in [5, 5.41) is 0. The summed E-state index contributed by atoms with van der Waals surface area (Å²) < 4.78 is 16.5. The fourth-order valence-corrected chi connectivity index (χ4v) is 6.02. The summed E-state index contributed by atoms with van der Waals surface area (Å²) in [5.41, 5.74) is 0. The van der Waals surface area contributed by atoms with Crippen LogP contribution in [0.1, 0.15) is 226 Å². The van der Waals surface area contributed by atoms with Crippen LogP contribution in [0.3, 0.4) is 0 Å². The number of carbonyl (C=O) groups excluding carboxylic acids is 3. The highest BCUT2D eigenvalue weighted by molar-refractivity contribution is 5.71. The fourth-order valence-electron chi connectivity index (χ4n) is 6.02. The zero-order valence-corrected chi connectivity index (χ0v) is 32.7. The quantitative estimate of drug-likeness (QED) is 0.0277. The van der Waals surface area contributed by atoms with Gasteiger partial charge >= 0.3 is 17.9 Å². The Kier molecular flexibility index (Phi) is 37.5. The molecule has 0 heterocycles.